The van der Waals surface area contributed by atoms with Crippen LogP contribution in [0.5, 0.6) is 11.5 Å². The van der Waals surface area contributed by atoms with Crippen LogP contribution in [-0.4, -0.2) is 28.9 Å². The minimum absolute atomic E-state index is 0.0615. The number of hydrogen-bond donors (Lipinski definition) is 4. The molecular formula is C44H50N4O8S2. The van der Waals surface area contributed by atoms with Crippen LogP contribution in [0, 0.1) is 0 Å². The van der Waals surface area contributed by atoms with Gasteiger partial charge >= 0.3 is 32.3 Å². The average molecular weight is 827 g/mol. The molecule has 0 radical (unpaired) electrons. The van der Waals surface area contributed by atoms with Crippen molar-refractivity contribution in [2.24, 2.45) is 0 Å². The minimum Gasteiger partial charge on any atom is -0.379 e. The van der Waals surface area contributed by atoms with E-state index >= 15 is 0 Å². The van der Waals surface area contributed by atoms with E-state index in [0.717, 1.165) is 17.2 Å². The monoisotopic (exact) mass is 826 g/mol. The maximum Gasteiger partial charge on any atom is 0.339 e. The maximum absolute atomic E-state index is 13.2. The molecule has 0 unspecified atom stereocenters. The third-order valence-electron chi connectivity index (χ3n) is 9.24. The number of amides is 4. The van der Waals surface area contributed by atoms with E-state index in [4.69, 9.17) is 8.37 Å². The molecule has 4 amide bonds. The summed E-state index contributed by atoms with van der Waals surface area (Å²) in [5, 5.41) is 11.2. The number of urea groups is 2. The van der Waals surface area contributed by atoms with Gasteiger partial charge in [-0.05, 0) is 125 Å². The average Bonchev–Trinajstić information content (AvgIpc) is 3.16. The number of anilines is 4. The van der Waals surface area contributed by atoms with Gasteiger partial charge in [-0.15, -0.1) is 0 Å². The lowest BCUT2D eigenvalue weighted by Gasteiger charge is -2.17. The summed E-state index contributed by atoms with van der Waals surface area (Å²) in [6.45, 7) is 16.6. The number of benzene rings is 5. The Morgan fingerprint density at radius 2 is 0.810 bits per heavy atom. The van der Waals surface area contributed by atoms with Gasteiger partial charge in [0.2, 0.25) is 0 Å². The quantitative estimate of drug-likeness (QED) is 0.0802. The predicted octanol–water partition coefficient (Wildman–Crippen LogP) is 11.0. The molecule has 0 spiro atoms. The zero-order valence-electron chi connectivity index (χ0n) is 33.8. The molecule has 58 heavy (non-hydrogen) atoms. The molecule has 0 heterocycles. The summed E-state index contributed by atoms with van der Waals surface area (Å²) < 4.78 is 63.4. The van der Waals surface area contributed by atoms with E-state index in [1.54, 1.807) is 0 Å². The fourth-order valence-corrected chi connectivity index (χ4v) is 7.98. The van der Waals surface area contributed by atoms with E-state index in [0.29, 0.717) is 34.6 Å². The van der Waals surface area contributed by atoms with E-state index in [9.17, 15) is 26.4 Å². The predicted molar refractivity (Wildman–Crippen MR) is 229 cm³/mol. The van der Waals surface area contributed by atoms with Gasteiger partial charge in [0.15, 0.2) is 0 Å². The lowest BCUT2D eigenvalue weighted by atomic mass is 9.94. The van der Waals surface area contributed by atoms with Crippen LogP contribution in [0.3, 0.4) is 0 Å². The van der Waals surface area contributed by atoms with Crippen molar-refractivity contribution >= 4 is 55.0 Å². The van der Waals surface area contributed by atoms with Gasteiger partial charge in [0.05, 0.1) is 0 Å². The van der Waals surface area contributed by atoms with E-state index in [2.05, 4.69) is 88.8 Å². The van der Waals surface area contributed by atoms with Crippen LogP contribution in [0.1, 0.15) is 101 Å². The fourth-order valence-electron chi connectivity index (χ4n) is 5.96. The zero-order valence-corrected chi connectivity index (χ0v) is 35.4. The Balaban J connectivity index is 1.19. The van der Waals surface area contributed by atoms with E-state index in [1.807, 2.05) is 24.3 Å². The second-order valence-corrected chi connectivity index (χ2v) is 18.2. The highest BCUT2D eigenvalue weighted by Crippen LogP contribution is 2.31. The second kappa shape index (κ2) is 18.2. The highest BCUT2D eigenvalue weighted by molar-refractivity contribution is 7.88. The van der Waals surface area contributed by atoms with Crippen LogP contribution in [0.25, 0.3) is 0 Å². The summed E-state index contributed by atoms with van der Waals surface area (Å²) in [4.78, 5) is 24.8. The number of carbonyl (C=O) groups is 2. The molecule has 0 atom stereocenters. The largest absolute Gasteiger partial charge is 0.379 e. The SMILES string of the molecule is CC(C)c1ccc(NC(=O)Nc2ccc(OS(=O)(=O)c3cccc(S(=O)(=O)Oc4ccc(NC(=O)Nc5ccc(C(C)C)cc5C(C)C)cc4)c3)cc2)c(C(C)C)c1. The van der Waals surface area contributed by atoms with Crippen LogP contribution in [0.2, 0.25) is 0 Å². The molecule has 4 N–H and O–H groups in total. The molecule has 0 aliphatic carbocycles. The van der Waals surface area contributed by atoms with Gasteiger partial charge in [-0.1, -0.05) is 85.7 Å². The molecule has 5 rings (SSSR count). The molecule has 306 valence electrons. The minimum atomic E-state index is -4.49. The fraction of sp³-hybridized carbons (Fsp3) is 0.273. The molecule has 5 aromatic rings. The Hall–Kier alpha value is -5.86. The van der Waals surface area contributed by atoms with Crippen LogP contribution in [0.4, 0.5) is 32.3 Å². The van der Waals surface area contributed by atoms with Crippen molar-refractivity contribution in [3.05, 3.63) is 131 Å². The van der Waals surface area contributed by atoms with Gasteiger partial charge in [0.25, 0.3) is 0 Å². The van der Waals surface area contributed by atoms with Crippen molar-refractivity contribution in [3.8, 4) is 11.5 Å². The first kappa shape index (κ1) is 43.3. The number of carbonyl (C=O) groups excluding carboxylic acids is 2. The molecule has 0 bridgehead atoms. The van der Waals surface area contributed by atoms with Crippen molar-refractivity contribution in [1.29, 1.82) is 0 Å². The highest BCUT2D eigenvalue weighted by Gasteiger charge is 2.23. The molecule has 5 aromatic carbocycles. The zero-order chi connectivity index (χ0) is 42.4. The molecule has 0 saturated heterocycles. The van der Waals surface area contributed by atoms with Crippen molar-refractivity contribution in [1.82, 2.24) is 0 Å². The lowest BCUT2D eigenvalue weighted by Crippen LogP contribution is -2.20. The Morgan fingerprint density at radius 3 is 1.14 bits per heavy atom. The molecule has 12 nitrogen and oxygen atoms in total. The van der Waals surface area contributed by atoms with Crippen LogP contribution in [0.15, 0.2) is 119 Å². The van der Waals surface area contributed by atoms with Gasteiger partial charge in [-0.3, -0.25) is 0 Å². The summed E-state index contributed by atoms with van der Waals surface area (Å²) >= 11 is 0. The molecule has 0 aromatic heterocycles. The smallest absolute Gasteiger partial charge is 0.339 e. The summed E-state index contributed by atoms with van der Waals surface area (Å²) in [6, 6.07) is 26.9. The summed E-state index contributed by atoms with van der Waals surface area (Å²) in [5.41, 5.74) is 6.51. The standard InChI is InChI=1S/C44H50N4O8S2/c1-27(2)31-12-22-41(39(24-31)29(5)6)47-43(49)45-33-14-18-35(19-15-33)55-57(51,52)37-10-9-11-38(26-37)58(53,54)56-36-20-16-34(17-21-36)46-44(50)48-42-23-13-32(28(3)4)25-40(42)30(7)8/h9-30H,1-8H3,(H2,45,47,49)(H2,46,48,50). The first-order valence-corrected chi connectivity index (χ1v) is 21.8. The first-order valence-electron chi connectivity index (χ1n) is 18.9. The number of hydrogen-bond acceptors (Lipinski definition) is 8. The second-order valence-electron chi connectivity index (χ2n) is 15.1. The third kappa shape index (κ3) is 11.2. The Kier molecular flexibility index (Phi) is 13.5. The number of nitrogens with one attached hydrogen (secondary N) is 4. The molecule has 0 fully saturated rings. The summed E-state index contributed by atoms with van der Waals surface area (Å²) in [6.07, 6.45) is 0. The summed E-state index contributed by atoms with van der Waals surface area (Å²) in [7, 11) is -8.98. The maximum atomic E-state index is 13.2. The normalized spacial score (nSPS) is 11.8. The van der Waals surface area contributed by atoms with E-state index in [1.165, 1.54) is 77.9 Å². The molecule has 14 heteroatoms. The summed E-state index contributed by atoms with van der Waals surface area (Å²) in [5.74, 6) is 0.927. The van der Waals surface area contributed by atoms with Crippen LogP contribution in [-0.2, 0) is 20.2 Å². The Labute approximate surface area is 341 Å². The molecule has 0 aliphatic rings. The van der Waals surface area contributed by atoms with Gasteiger partial charge in [-0.25, -0.2) is 9.59 Å². The van der Waals surface area contributed by atoms with Gasteiger partial charge < -0.3 is 29.6 Å². The number of rotatable bonds is 14. The van der Waals surface area contributed by atoms with Crippen molar-refractivity contribution in [2.45, 2.75) is 88.9 Å². The van der Waals surface area contributed by atoms with Gasteiger partial charge in [0, 0.05) is 22.7 Å². The molecule has 0 aliphatic heterocycles. The highest BCUT2D eigenvalue weighted by atomic mass is 32.2. The molecular weight excluding hydrogens is 777 g/mol. The van der Waals surface area contributed by atoms with Crippen molar-refractivity contribution in [3.63, 3.8) is 0 Å². The van der Waals surface area contributed by atoms with E-state index < -0.39 is 42.1 Å². The Morgan fingerprint density at radius 1 is 0.448 bits per heavy atom. The Bertz CT molecular complexity index is 2310. The van der Waals surface area contributed by atoms with Crippen LogP contribution < -0.4 is 29.6 Å². The lowest BCUT2D eigenvalue weighted by molar-refractivity contribution is 0.261. The first-order chi connectivity index (χ1) is 27.3. The molecule has 0 saturated carbocycles. The van der Waals surface area contributed by atoms with Crippen molar-refractivity contribution < 1.29 is 34.8 Å². The van der Waals surface area contributed by atoms with Crippen molar-refractivity contribution in [2.75, 3.05) is 21.3 Å². The third-order valence-corrected chi connectivity index (χ3v) is 11.7. The van der Waals surface area contributed by atoms with E-state index in [-0.39, 0.29) is 23.3 Å². The van der Waals surface area contributed by atoms with Crippen LogP contribution >= 0.6 is 0 Å². The van der Waals surface area contributed by atoms with Gasteiger partial charge in [-0.2, -0.15) is 16.8 Å². The van der Waals surface area contributed by atoms with Gasteiger partial charge in [0.1, 0.15) is 21.3 Å². The topological polar surface area (TPSA) is 169 Å².